The third-order valence-corrected chi connectivity index (χ3v) is 6.66. The molecule has 2 aromatic heterocycles. The highest BCUT2D eigenvalue weighted by Crippen LogP contribution is 2.37. The zero-order valence-corrected chi connectivity index (χ0v) is 20.4. The van der Waals surface area contributed by atoms with Crippen molar-refractivity contribution in [3.8, 4) is 16.9 Å². The molecule has 3 heterocycles. The zero-order valence-electron chi connectivity index (χ0n) is 20.4. The van der Waals surface area contributed by atoms with Crippen LogP contribution in [-0.2, 0) is 11.3 Å². The number of carbonyl (C=O) groups is 1. The van der Waals surface area contributed by atoms with Crippen LogP contribution in [0.2, 0.25) is 0 Å². The number of fused-ring (bicyclic) bond motifs is 1. The van der Waals surface area contributed by atoms with E-state index >= 15 is 0 Å². The van der Waals surface area contributed by atoms with Gasteiger partial charge in [0, 0.05) is 73.8 Å². The SMILES string of the molecule is COc1cc2occ(-c3ccc(F)cc3)c2cc1/C(C)=C/C(=O)N1CCN(Cc2ccncc2)CC1. The van der Waals surface area contributed by atoms with Gasteiger partial charge < -0.3 is 14.1 Å². The molecular formula is C29H28FN3O3. The van der Waals surface area contributed by atoms with Crippen molar-refractivity contribution >= 4 is 22.4 Å². The summed E-state index contributed by atoms with van der Waals surface area (Å²) in [4.78, 5) is 21.4. The largest absolute Gasteiger partial charge is 0.496 e. The lowest BCUT2D eigenvalue weighted by atomic mass is 9.99. The first-order valence-electron chi connectivity index (χ1n) is 12.0. The molecule has 0 unspecified atom stereocenters. The number of benzene rings is 2. The maximum Gasteiger partial charge on any atom is 0.246 e. The number of ether oxygens (including phenoxy) is 1. The fourth-order valence-electron chi connectivity index (χ4n) is 4.61. The van der Waals surface area contributed by atoms with Crippen molar-refractivity contribution in [3.05, 3.63) is 90.2 Å². The van der Waals surface area contributed by atoms with Crippen LogP contribution in [0.5, 0.6) is 5.75 Å². The molecule has 1 aliphatic rings. The normalized spacial score (nSPS) is 14.9. The summed E-state index contributed by atoms with van der Waals surface area (Å²) in [7, 11) is 1.60. The summed E-state index contributed by atoms with van der Waals surface area (Å²) in [6.07, 6.45) is 6.96. The maximum atomic E-state index is 13.4. The van der Waals surface area contributed by atoms with Gasteiger partial charge in [0.1, 0.15) is 17.1 Å². The second-order valence-electron chi connectivity index (χ2n) is 8.99. The van der Waals surface area contributed by atoms with Crippen LogP contribution >= 0.6 is 0 Å². The van der Waals surface area contributed by atoms with E-state index in [4.69, 9.17) is 9.15 Å². The summed E-state index contributed by atoms with van der Waals surface area (Å²) >= 11 is 0. The Morgan fingerprint density at radius 1 is 1.08 bits per heavy atom. The van der Waals surface area contributed by atoms with Gasteiger partial charge in [0.15, 0.2) is 0 Å². The Labute approximate surface area is 209 Å². The van der Waals surface area contributed by atoms with Crippen LogP contribution in [0.15, 0.2) is 77.7 Å². The lowest BCUT2D eigenvalue weighted by Gasteiger charge is -2.34. The number of carbonyl (C=O) groups excluding carboxylic acids is 1. The summed E-state index contributed by atoms with van der Waals surface area (Å²) in [5, 5.41) is 0.877. The van der Waals surface area contributed by atoms with Crippen molar-refractivity contribution in [2.75, 3.05) is 33.3 Å². The standard InChI is InChI=1S/C29H28FN3O3/c1-20(15-29(34)33-13-11-32(12-14-33)18-21-7-9-31-10-8-21)24-16-25-26(22-3-5-23(30)6-4-22)19-36-28(25)17-27(24)35-2/h3-10,15-17,19H,11-14,18H2,1-2H3/b20-15+. The second-order valence-corrected chi connectivity index (χ2v) is 8.99. The van der Waals surface area contributed by atoms with E-state index in [1.165, 1.54) is 17.7 Å². The highest BCUT2D eigenvalue weighted by Gasteiger charge is 2.21. The van der Waals surface area contributed by atoms with Crippen molar-refractivity contribution in [2.24, 2.45) is 0 Å². The first-order valence-corrected chi connectivity index (χ1v) is 12.0. The molecule has 0 spiro atoms. The lowest BCUT2D eigenvalue weighted by Crippen LogP contribution is -2.47. The molecule has 0 N–H and O–H groups in total. The molecular weight excluding hydrogens is 457 g/mol. The number of methoxy groups -OCH3 is 1. The van der Waals surface area contributed by atoms with Crippen LogP contribution in [0.25, 0.3) is 27.7 Å². The van der Waals surface area contributed by atoms with Crippen LogP contribution in [0, 0.1) is 5.82 Å². The first-order chi connectivity index (χ1) is 17.5. The first kappa shape index (κ1) is 23.8. The van der Waals surface area contributed by atoms with E-state index in [-0.39, 0.29) is 11.7 Å². The molecule has 1 aliphatic heterocycles. The smallest absolute Gasteiger partial charge is 0.246 e. The van der Waals surface area contributed by atoms with Gasteiger partial charge in [-0.1, -0.05) is 12.1 Å². The fraction of sp³-hybridized carbons (Fsp3) is 0.241. The number of allylic oxidation sites excluding steroid dienone is 1. The summed E-state index contributed by atoms with van der Waals surface area (Å²) < 4.78 is 24.8. The highest BCUT2D eigenvalue weighted by molar-refractivity contribution is 6.00. The number of aromatic nitrogens is 1. The maximum absolute atomic E-state index is 13.4. The molecule has 0 radical (unpaired) electrons. The molecule has 6 nitrogen and oxygen atoms in total. The molecule has 184 valence electrons. The molecule has 1 fully saturated rings. The summed E-state index contributed by atoms with van der Waals surface area (Å²) in [5.41, 5.74) is 5.23. The van der Waals surface area contributed by atoms with Crippen molar-refractivity contribution in [1.82, 2.24) is 14.8 Å². The molecule has 0 atom stereocenters. The third-order valence-electron chi connectivity index (χ3n) is 6.66. The number of hydrogen-bond donors (Lipinski definition) is 0. The minimum Gasteiger partial charge on any atom is -0.496 e. The van der Waals surface area contributed by atoms with Crippen LogP contribution in [-0.4, -0.2) is 54.0 Å². The van der Waals surface area contributed by atoms with Crippen molar-refractivity contribution in [2.45, 2.75) is 13.5 Å². The van der Waals surface area contributed by atoms with Gasteiger partial charge in [-0.05, 0) is 54.0 Å². The van der Waals surface area contributed by atoms with Crippen LogP contribution < -0.4 is 4.74 Å². The monoisotopic (exact) mass is 485 g/mol. The van der Waals surface area contributed by atoms with Gasteiger partial charge in [-0.3, -0.25) is 14.7 Å². The summed E-state index contributed by atoms with van der Waals surface area (Å²) in [5.74, 6) is 0.333. The Balaban J connectivity index is 1.34. The molecule has 4 aromatic rings. The Kier molecular flexibility index (Phi) is 6.82. The third kappa shape index (κ3) is 5.02. The molecule has 1 amide bonds. The predicted octanol–water partition coefficient (Wildman–Crippen LogP) is 5.39. The number of piperazine rings is 1. The van der Waals surface area contributed by atoms with Crippen LogP contribution in [0.1, 0.15) is 18.1 Å². The van der Waals surface area contributed by atoms with Crippen LogP contribution in [0.3, 0.4) is 0 Å². The Morgan fingerprint density at radius 3 is 2.50 bits per heavy atom. The number of pyridine rings is 1. The lowest BCUT2D eigenvalue weighted by molar-refractivity contribution is -0.127. The van der Waals surface area contributed by atoms with E-state index in [0.29, 0.717) is 24.4 Å². The number of rotatable bonds is 6. The summed E-state index contributed by atoms with van der Waals surface area (Å²) in [6.45, 7) is 5.79. The molecule has 0 aliphatic carbocycles. The highest BCUT2D eigenvalue weighted by atomic mass is 19.1. The molecule has 1 saturated heterocycles. The molecule has 36 heavy (non-hydrogen) atoms. The van der Waals surface area contributed by atoms with Gasteiger partial charge in [0.2, 0.25) is 5.91 Å². The molecule has 0 saturated carbocycles. The van der Waals surface area contributed by atoms with Gasteiger partial charge in [-0.25, -0.2) is 4.39 Å². The second kappa shape index (κ2) is 10.3. The Morgan fingerprint density at radius 2 is 1.81 bits per heavy atom. The van der Waals surface area contributed by atoms with Crippen molar-refractivity contribution in [3.63, 3.8) is 0 Å². The Bertz CT molecular complexity index is 1390. The van der Waals surface area contributed by atoms with Crippen LogP contribution in [0.4, 0.5) is 4.39 Å². The van der Waals surface area contributed by atoms with Crippen molar-refractivity contribution < 1.29 is 18.3 Å². The van der Waals surface area contributed by atoms with Crippen molar-refractivity contribution in [1.29, 1.82) is 0 Å². The Hall–Kier alpha value is -3.97. The minimum absolute atomic E-state index is 0.0100. The minimum atomic E-state index is -0.288. The topological polar surface area (TPSA) is 58.8 Å². The zero-order chi connectivity index (χ0) is 25.1. The fourth-order valence-corrected chi connectivity index (χ4v) is 4.61. The van der Waals surface area contributed by atoms with E-state index in [1.54, 1.807) is 44.0 Å². The molecule has 0 bridgehead atoms. The van der Waals surface area contributed by atoms with Gasteiger partial charge in [0.05, 0.1) is 13.4 Å². The van der Waals surface area contributed by atoms with E-state index in [2.05, 4.69) is 9.88 Å². The molecule has 5 rings (SSSR count). The van der Waals surface area contributed by atoms with E-state index in [9.17, 15) is 9.18 Å². The van der Waals surface area contributed by atoms with Gasteiger partial charge >= 0.3 is 0 Å². The molecule has 7 heteroatoms. The average Bonchev–Trinajstić information content (AvgIpc) is 3.32. The predicted molar refractivity (Wildman–Crippen MR) is 138 cm³/mol. The summed E-state index contributed by atoms with van der Waals surface area (Å²) in [6, 6.07) is 14.2. The van der Waals surface area contributed by atoms with Gasteiger partial charge in [-0.2, -0.15) is 0 Å². The van der Waals surface area contributed by atoms with Gasteiger partial charge in [-0.15, -0.1) is 0 Å². The molecule has 2 aromatic carbocycles. The number of furan rings is 1. The van der Waals surface area contributed by atoms with E-state index in [0.717, 1.165) is 47.3 Å². The van der Waals surface area contributed by atoms with E-state index in [1.807, 2.05) is 36.1 Å². The van der Waals surface area contributed by atoms with E-state index < -0.39 is 0 Å². The number of amides is 1. The number of hydrogen-bond acceptors (Lipinski definition) is 5. The number of halogens is 1. The average molecular weight is 486 g/mol. The van der Waals surface area contributed by atoms with Gasteiger partial charge in [0.25, 0.3) is 0 Å². The number of nitrogens with zero attached hydrogens (tertiary/aromatic N) is 3. The quantitative estimate of drug-likeness (QED) is 0.343.